The highest BCUT2D eigenvalue weighted by Crippen LogP contribution is 2.34. The summed E-state index contributed by atoms with van der Waals surface area (Å²) in [4.78, 5) is 38.6. The van der Waals surface area contributed by atoms with Crippen LogP contribution in [0.25, 0.3) is 6.08 Å². The number of amides is 3. The fraction of sp³-hybridized carbons (Fsp3) is 0.261. The van der Waals surface area contributed by atoms with Crippen molar-refractivity contribution in [3.8, 4) is 17.2 Å². The molecule has 168 valence electrons. The van der Waals surface area contributed by atoms with Crippen LogP contribution < -0.4 is 19.5 Å². The lowest BCUT2D eigenvalue weighted by molar-refractivity contribution is -0.127. The number of carbonyl (C=O) groups excluding carboxylic acids is 3. The lowest BCUT2D eigenvalue weighted by Gasteiger charge is -2.13. The van der Waals surface area contributed by atoms with Crippen molar-refractivity contribution in [3.63, 3.8) is 0 Å². The number of carbonyl (C=O) groups is 3. The number of nitrogens with zero attached hydrogens (tertiary/aromatic N) is 1. The van der Waals surface area contributed by atoms with Crippen molar-refractivity contribution in [2.75, 3.05) is 32.2 Å². The molecule has 1 heterocycles. The molecule has 0 atom stereocenters. The molecule has 0 unspecified atom stereocenters. The van der Waals surface area contributed by atoms with Gasteiger partial charge in [0, 0.05) is 5.69 Å². The molecule has 9 heteroatoms. The molecule has 0 spiro atoms. The Morgan fingerprint density at radius 3 is 2.38 bits per heavy atom. The monoisotopic (exact) mass is 456 g/mol. The van der Waals surface area contributed by atoms with Gasteiger partial charge in [-0.3, -0.25) is 19.3 Å². The van der Waals surface area contributed by atoms with E-state index in [9.17, 15) is 14.4 Å². The van der Waals surface area contributed by atoms with Crippen molar-refractivity contribution >= 4 is 40.6 Å². The van der Waals surface area contributed by atoms with Gasteiger partial charge < -0.3 is 19.5 Å². The summed E-state index contributed by atoms with van der Waals surface area (Å²) in [6.07, 6.45) is 1.60. The van der Waals surface area contributed by atoms with Crippen LogP contribution >= 0.6 is 11.8 Å². The first-order valence-corrected chi connectivity index (χ1v) is 10.9. The zero-order valence-electron chi connectivity index (χ0n) is 18.0. The van der Waals surface area contributed by atoms with E-state index in [2.05, 4.69) is 5.32 Å². The maximum Gasteiger partial charge on any atom is 0.294 e. The van der Waals surface area contributed by atoms with Crippen LogP contribution in [0.1, 0.15) is 19.4 Å². The molecule has 0 radical (unpaired) electrons. The first-order valence-electron chi connectivity index (χ1n) is 10.0. The predicted octanol–water partition coefficient (Wildman–Crippen LogP) is 4.17. The number of anilines is 1. The second kappa shape index (κ2) is 10.7. The third-order valence-corrected chi connectivity index (χ3v) is 5.32. The zero-order chi connectivity index (χ0) is 23.1. The number of methoxy groups -OCH3 is 1. The van der Waals surface area contributed by atoms with Gasteiger partial charge in [0.25, 0.3) is 11.1 Å². The molecule has 3 rings (SSSR count). The van der Waals surface area contributed by atoms with Crippen LogP contribution in [-0.2, 0) is 9.59 Å². The molecule has 0 saturated carbocycles. The summed E-state index contributed by atoms with van der Waals surface area (Å²) in [5.74, 6) is 0.826. The summed E-state index contributed by atoms with van der Waals surface area (Å²) >= 11 is 0.793. The topological polar surface area (TPSA) is 94.2 Å². The molecule has 0 aromatic heterocycles. The van der Waals surface area contributed by atoms with Crippen LogP contribution in [0, 0.1) is 0 Å². The molecule has 1 saturated heterocycles. The predicted molar refractivity (Wildman–Crippen MR) is 123 cm³/mol. The van der Waals surface area contributed by atoms with Gasteiger partial charge >= 0.3 is 0 Å². The average molecular weight is 457 g/mol. The molecule has 1 aliphatic heterocycles. The number of nitrogens with one attached hydrogen (secondary N) is 1. The van der Waals surface area contributed by atoms with E-state index >= 15 is 0 Å². The Morgan fingerprint density at radius 2 is 1.72 bits per heavy atom. The van der Waals surface area contributed by atoms with Gasteiger partial charge in [0.05, 0.1) is 25.2 Å². The Morgan fingerprint density at radius 1 is 1.03 bits per heavy atom. The largest absolute Gasteiger partial charge is 0.497 e. The van der Waals surface area contributed by atoms with Crippen molar-refractivity contribution in [1.29, 1.82) is 0 Å². The quantitative estimate of drug-likeness (QED) is 0.566. The standard InChI is InChI=1S/C23H24N2O6S/c1-4-30-18-11-6-15(12-19(18)31-5-2)13-20-22(27)25(23(28)32-20)14-21(26)24-16-7-9-17(29-3)10-8-16/h6-13H,4-5,14H2,1-3H3,(H,24,26)/b20-13+. The molecular formula is C23H24N2O6S. The lowest BCUT2D eigenvalue weighted by atomic mass is 10.2. The number of hydrogen-bond donors (Lipinski definition) is 1. The molecule has 2 aromatic rings. The molecule has 0 bridgehead atoms. The van der Waals surface area contributed by atoms with E-state index in [4.69, 9.17) is 14.2 Å². The van der Waals surface area contributed by atoms with Crippen molar-refractivity contribution in [3.05, 3.63) is 52.9 Å². The van der Waals surface area contributed by atoms with Crippen LogP contribution in [0.5, 0.6) is 17.2 Å². The van der Waals surface area contributed by atoms with Gasteiger partial charge in [-0.15, -0.1) is 0 Å². The zero-order valence-corrected chi connectivity index (χ0v) is 18.9. The highest BCUT2D eigenvalue weighted by Gasteiger charge is 2.36. The third-order valence-electron chi connectivity index (χ3n) is 4.41. The Balaban J connectivity index is 1.70. The van der Waals surface area contributed by atoms with E-state index in [-0.39, 0.29) is 11.4 Å². The highest BCUT2D eigenvalue weighted by atomic mass is 32.2. The van der Waals surface area contributed by atoms with E-state index in [1.807, 2.05) is 13.8 Å². The van der Waals surface area contributed by atoms with Crippen LogP contribution in [0.2, 0.25) is 0 Å². The first-order chi connectivity index (χ1) is 15.4. The van der Waals surface area contributed by atoms with E-state index < -0.39 is 17.1 Å². The molecular weight excluding hydrogens is 432 g/mol. The molecule has 1 N–H and O–H groups in total. The lowest BCUT2D eigenvalue weighted by Crippen LogP contribution is -2.36. The molecule has 3 amide bonds. The second-order valence-electron chi connectivity index (χ2n) is 6.62. The van der Waals surface area contributed by atoms with Crippen molar-refractivity contribution < 1.29 is 28.6 Å². The van der Waals surface area contributed by atoms with Gasteiger partial charge in [-0.25, -0.2) is 0 Å². The van der Waals surface area contributed by atoms with Crippen LogP contribution in [0.3, 0.4) is 0 Å². The molecule has 1 aliphatic rings. The van der Waals surface area contributed by atoms with E-state index in [1.54, 1.807) is 55.7 Å². The Kier molecular flexibility index (Phi) is 7.77. The minimum Gasteiger partial charge on any atom is -0.497 e. The maximum atomic E-state index is 12.7. The van der Waals surface area contributed by atoms with Crippen molar-refractivity contribution in [1.82, 2.24) is 4.90 Å². The summed E-state index contributed by atoms with van der Waals surface area (Å²) in [7, 11) is 1.55. The molecule has 8 nitrogen and oxygen atoms in total. The fourth-order valence-corrected chi connectivity index (χ4v) is 3.80. The summed E-state index contributed by atoms with van der Waals surface area (Å²) in [5.41, 5.74) is 1.22. The van der Waals surface area contributed by atoms with E-state index in [0.717, 1.165) is 16.7 Å². The average Bonchev–Trinajstić information content (AvgIpc) is 3.03. The number of benzene rings is 2. The number of rotatable bonds is 9. The summed E-state index contributed by atoms with van der Waals surface area (Å²) in [5, 5.41) is 2.17. The van der Waals surface area contributed by atoms with E-state index in [0.29, 0.717) is 41.7 Å². The van der Waals surface area contributed by atoms with Crippen LogP contribution in [0.15, 0.2) is 47.4 Å². The third kappa shape index (κ3) is 5.61. The second-order valence-corrected chi connectivity index (χ2v) is 7.61. The van der Waals surface area contributed by atoms with Crippen LogP contribution in [0.4, 0.5) is 10.5 Å². The normalized spacial score (nSPS) is 14.6. The van der Waals surface area contributed by atoms with Gasteiger partial charge in [0.1, 0.15) is 12.3 Å². The minimum absolute atomic E-state index is 0.235. The number of imide groups is 1. The smallest absolute Gasteiger partial charge is 0.294 e. The van der Waals surface area contributed by atoms with Crippen molar-refractivity contribution in [2.24, 2.45) is 0 Å². The van der Waals surface area contributed by atoms with Gasteiger partial charge in [0.2, 0.25) is 5.91 Å². The van der Waals surface area contributed by atoms with Crippen molar-refractivity contribution in [2.45, 2.75) is 13.8 Å². The summed E-state index contributed by atoms with van der Waals surface area (Å²) in [6.45, 7) is 4.33. The SMILES string of the molecule is CCOc1ccc(/C=C2/SC(=O)N(CC(=O)Nc3ccc(OC)cc3)C2=O)cc1OCC. The number of ether oxygens (including phenoxy) is 3. The van der Waals surface area contributed by atoms with Gasteiger partial charge in [-0.2, -0.15) is 0 Å². The fourth-order valence-electron chi connectivity index (χ4n) is 2.96. The molecule has 0 aliphatic carbocycles. The van der Waals surface area contributed by atoms with Gasteiger partial charge in [0.15, 0.2) is 11.5 Å². The molecule has 1 fully saturated rings. The Bertz CT molecular complexity index is 1040. The number of hydrogen-bond acceptors (Lipinski definition) is 7. The highest BCUT2D eigenvalue weighted by molar-refractivity contribution is 8.18. The van der Waals surface area contributed by atoms with Gasteiger partial charge in [-0.05, 0) is 73.6 Å². The maximum absolute atomic E-state index is 12.7. The van der Waals surface area contributed by atoms with Crippen LogP contribution in [-0.4, -0.2) is 48.8 Å². The van der Waals surface area contributed by atoms with Gasteiger partial charge in [-0.1, -0.05) is 6.07 Å². The Hall–Kier alpha value is -3.46. The number of thioether (sulfide) groups is 1. The summed E-state index contributed by atoms with van der Waals surface area (Å²) < 4.78 is 16.2. The summed E-state index contributed by atoms with van der Waals surface area (Å²) in [6, 6.07) is 12.0. The molecule has 32 heavy (non-hydrogen) atoms. The molecule has 2 aromatic carbocycles. The minimum atomic E-state index is -0.517. The Labute approximate surface area is 190 Å². The first kappa shape index (κ1) is 23.2. The van der Waals surface area contributed by atoms with E-state index in [1.165, 1.54) is 0 Å².